The Bertz CT molecular complexity index is 198. The van der Waals surface area contributed by atoms with E-state index in [1.54, 1.807) is 0 Å². The topological polar surface area (TPSA) is 49.3 Å². The van der Waals surface area contributed by atoms with Crippen LogP contribution in [0.15, 0.2) is 0 Å². The van der Waals surface area contributed by atoms with Gasteiger partial charge in [-0.15, -0.1) is 12.4 Å². The summed E-state index contributed by atoms with van der Waals surface area (Å²) in [6, 6.07) is 0. The fraction of sp³-hybridized carbons (Fsp3) is 0.889. The lowest BCUT2D eigenvalue weighted by molar-refractivity contribution is -0.138. The monoisotopic (exact) mass is 205 g/mol. The van der Waals surface area contributed by atoms with E-state index in [0.717, 1.165) is 25.4 Å². The summed E-state index contributed by atoms with van der Waals surface area (Å²) < 4.78 is 0. The fourth-order valence-corrected chi connectivity index (χ4v) is 2.70. The largest absolute Gasteiger partial charge is 0.481 e. The van der Waals surface area contributed by atoms with Gasteiger partial charge in [0.2, 0.25) is 0 Å². The third-order valence-corrected chi connectivity index (χ3v) is 3.22. The third-order valence-electron chi connectivity index (χ3n) is 3.22. The van der Waals surface area contributed by atoms with Crippen molar-refractivity contribution in [1.29, 1.82) is 0 Å². The molecule has 2 fully saturated rings. The summed E-state index contributed by atoms with van der Waals surface area (Å²) in [5.41, 5.74) is 0. The van der Waals surface area contributed by atoms with Gasteiger partial charge in [-0.05, 0) is 43.7 Å². The molecule has 0 aromatic carbocycles. The molecule has 0 radical (unpaired) electrons. The van der Waals surface area contributed by atoms with E-state index in [0.29, 0.717) is 18.3 Å². The van der Waals surface area contributed by atoms with E-state index in [4.69, 9.17) is 5.11 Å². The van der Waals surface area contributed by atoms with Crippen molar-refractivity contribution in [2.75, 3.05) is 13.1 Å². The highest BCUT2D eigenvalue weighted by molar-refractivity contribution is 5.85. The minimum atomic E-state index is -0.632. The minimum Gasteiger partial charge on any atom is -0.481 e. The summed E-state index contributed by atoms with van der Waals surface area (Å²) in [5.74, 6) is 1.21. The summed E-state index contributed by atoms with van der Waals surface area (Å²) >= 11 is 0. The molecule has 0 amide bonds. The highest BCUT2D eigenvalue weighted by Gasteiger charge is 2.37. The van der Waals surface area contributed by atoms with Gasteiger partial charge in [-0.1, -0.05) is 0 Å². The van der Waals surface area contributed by atoms with Gasteiger partial charge in [-0.2, -0.15) is 0 Å². The zero-order valence-electron chi connectivity index (χ0n) is 7.53. The molecule has 1 heterocycles. The van der Waals surface area contributed by atoms with Gasteiger partial charge in [0, 0.05) is 6.42 Å². The predicted octanol–water partition coefficient (Wildman–Crippen LogP) is 1.13. The molecular formula is C9H16ClNO2. The summed E-state index contributed by atoms with van der Waals surface area (Å²) in [5, 5.41) is 12.0. The molecule has 0 aromatic rings. The maximum atomic E-state index is 10.5. The number of fused-ring (bicyclic) bond motifs is 2. The van der Waals surface area contributed by atoms with Crippen LogP contribution in [-0.2, 0) is 4.79 Å². The number of nitrogens with one attached hydrogen (secondary N) is 1. The number of aliphatic carboxylic acids is 1. The van der Waals surface area contributed by atoms with Crippen LogP contribution < -0.4 is 5.32 Å². The Morgan fingerprint density at radius 1 is 1.38 bits per heavy atom. The molecule has 4 heteroatoms. The van der Waals surface area contributed by atoms with Gasteiger partial charge in [0.05, 0.1) is 0 Å². The van der Waals surface area contributed by atoms with Crippen molar-refractivity contribution in [2.45, 2.75) is 19.3 Å². The Hall–Kier alpha value is -0.280. The second kappa shape index (κ2) is 4.29. The summed E-state index contributed by atoms with van der Waals surface area (Å²) in [4.78, 5) is 10.5. The maximum absolute atomic E-state index is 10.5. The van der Waals surface area contributed by atoms with Crippen molar-refractivity contribution >= 4 is 18.4 Å². The molecule has 2 N–H and O–H groups in total. The highest BCUT2D eigenvalue weighted by atomic mass is 35.5. The quantitative estimate of drug-likeness (QED) is 0.711. The van der Waals surface area contributed by atoms with Gasteiger partial charge >= 0.3 is 5.97 Å². The van der Waals surface area contributed by atoms with E-state index in [-0.39, 0.29) is 12.4 Å². The second-order valence-electron chi connectivity index (χ2n) is 4.11. The Labute approximate surface area is 84.3 Å². The number of carboxylic acid groups (broad SMARTS) is 1. The molecule has 1 saturated heterocycles. The Balaban J connectivity index is 0.000000845. The van der Waals surface area contributed by atoms with Crippen LogP contribution >= 0.6 is 12.4 Å². The fourth-order valence-electron chi connectivity index (χ4n) is 2.70. The minimum absolute atomic E-state index is 0. The smallest absolute Gasteiger partial charge is 0.303 e. The first-order valence-electron chi connectivity index (χ1n) is 4.68. The molecule has 1 aliphatic heterocycles. The average molecular weight is 206 g/mol. The molecule has 76 valence electrons. The van der Waals surface area contributed by atoms with Crippen LogP contribution in [0.4, 0.5) is 0 Å². The summed E-state index contributed by atoms with van der Waals surface area (Å²) in [7, 11) is 0. The summed E-state index contributed by atoms with van der Waals surface area (Å²) in [6.45, 7) is 2.14. The Morgan fingerprint density at radius 2 is 2.15 bits per heavy atom. The average Bonchev–Trinajstić information content (AvgIpc) is 2.26. The number of halogens is 1. The van der Waals surface area contributed by atoms with E-state index >= 15 is 0 Å². The van der Waals surface area contributed by atoms with Crippen LogP contribution in [0.1, 0.15) is 19.3 Å². The van der Waals surface area contributed by atoms with Crippen LogP contribution in [0, 0.1) is 17.8 Å². The molecule has 2 aliphatic rings. The Kier molecular flexibility index (Phi) is 3.56. The van der Waals surface area contributed by atoms with Gasteiger partial charge in [0.1, 0.15) is 0 Å². The van der Waals surface area contributed by atoms with E-state index in [1.807, 2.05) is 0 Å². The lowest BCUT2D eigenvalue weighted by Crippen LogP contribution is -2.32. The van der Waals surface area contributed by atoms with Crippen molar-refractivity contribution in [1.82, 2.24) is 5.32 Å². The van der Waals surface area contributed by atoms with Crippen LogP contribution in [0.5, 0.6) is 0 Å². The number of hydrogen-bond acceptors (Lipinski definition) is 2. The van der Waals surface area contributed by atoms with Gasteiger partial charge in [0.25, 0.3) is 0 Å². The van der Waals surface area contributed by atoms with E-state index in [1.165, 1.54) is 6.42 Å². The number of rotatable bonds is 2. The van der Waals surface area contributed by atoms with Crippen LogP contribution in [0.3, 0.4) is 0 Å². The summed E-state index contributed by atoms with van der Waals surface area (Å²) in [6.07, 6.45) is 2.76. The van der Waals surface area contributed by atoms with Gasteiger partial charge in [0.15, 0.2) is 0 Å². The maximum Gasteiger partial charge on any atom is 0.303 e. The lowest BCUT2D eigenvalue weighted by Gasteiger charge is -2.21. The molecule has 1 saturated carbocycles. The van der Waals surface area contributed by atoms with Crippen LogP contribution in [-0.4, -0.2) is 24.2 Å². The molecule has 13 heavy (non-hydrogen) atoms. The molecule has 1 aliphatic carbocycles. The molecule has 0 spiro atoms. The van der Waals surface area contributed by atoms with Gasteiger partial charge in [-0.25, -0.2) is 0 Å². The van der Waals surface area contributed by atoms with E-state index in [2.05, 4.69) is 5.32 Å². The lowest BCUT2D eigenvalue weighted by atomic mass is 9.93. The zero-order chi connectivity index (χ0) is 8.55. The predicted molar refractivity (Wildman–Crippen MR) is 52.1 cm³/mol. The van der Waals surface area contributed by atoms with E-state index in [9.17, 15) is 4.79 Å². The number of hydrogen-bond donors (Lipinski definition) is 2. The molecule has 0 aromatic heterocycles. The molecule has 3 atom stereocenters. The molecule has 0 unspecified atom stereocenters. The Morgan fingerprint density at radius 3 is 2.77 bits per heavy atom. The second-order valence-corrected chi connectivity index (χ2v) is 4.11. The zero-order valence-corrected chi connectivity index (χ0v) is 8.35. The first-order chi connectivity index (χ1) is 5.75. The van der Waals surface area contributed by atoms with Crippen molar-refractivity contribution in [3.05, 3.63) is 0 Å². The molecular weight excluding hydrogens is 190 g/mol. The van der Waals surface area contributed by atoms with Crippen LogP contribution in [0.25, 0.3) is 0 Å². The molecule has 3 nitrogen and oxygen atoms in total. The van der Waals surface area contributed by atoms with Crippen molar-refractivity contribution in [3.63, 3.8) is 0 Å². The first-order valence-corrected chi connectivity index (χ1v) is 4.68. The molecule has 2 bridgehead atoms. The standard InChI is InChI=1S/C9H15NO2.ClH/c11-9(12)3-7-1-6-2-8(7)5-10-4-6;/h6-8,10H,1-5H2,(H,11,12);1H/t6-,7+,8+;/m1./s1. The molecule has 2 rings (SSSR count). The first kappa shape index (κ1) is 10.8. The van der Waals surface area contributed by atoms with E-state index < -0.39 is 5.97 Å². The van der Waals surface area contributed by atoms with Gasteiger partial charge in [-0.3, -0.25) is 4.79 Å². The van der Waals surface area contributed by atoms with Gasteiger partial charge < -0.3 is 10.4 Å². The number of carboxylic acids is 1. The number of piperidine rings is 1. The van der Waals surface area contributed by atoms with Crippen LogP contribution in [0.2, 0.25) is 0 Å². The van der Waals surface area contributed by atoms with Crippen molar-refractivity contribution in [2.24, 2.45) is 17.8 Å². The third kappa shape index (κ3) is 2.35. The van der Waals surface area contributed by atoms with Crippen molar-refractivity contribution < 1.29 is 9.90 Å². The van der Waals surface area contributed by atoms with Crippen molar-refractivity contribution in [3.8, 4) is 0 Å². The highest BCUT2D eigenvalue weighted by Crippen LogP contribution is 2.39. The number of carbonyl (C=O) groups is 1. The normalized spacial score (nSPS) is 36.8. The SMILES string of the molecule is Cl.O=C(O)C[C@@H]1C[C@H]2CNC[C@@H]1C2.